The molecule has 0 heterocycles. The van der Waals surface area contributed by atoms with Gasteiger partial charge in [-0.25, -0.2) is 0 Å². The minimum atomic E-state index is 0.536. The second-order valence-corrected chi connectivity index (χ2v) is 6.21. The van der Waals surface area contributed by atoms with Gasteiger partial charge in [0, 0.05) is 17.6 Å². The van der Waals surface area contributed by atoms with Gasteiger partial charge in [-0.05, 0) is 49.3 Å². The minimum Gasteiger partial charge on any atom is -0.313 e. The summed E-state index contributed by atoms with van der Waals surface area (Å²) in [5.41, 5.74) is 1.92. The molecule has 1 aliphatic rings. The van der Waals surface area contributed by atoms with Crippen LogP contribution < -0.4 is 5.32 Å². The number of hydrogen-bond acceptors (Lipinski definition) is 1. The zero-order valence-corrected chi connectivity index (χ0v) is 11.6. The van der Waals surface area contributed by atoms with E-state index >= 15 is 0 Å². The van der Waals surface area contributed by atoms with Crippen LogP contribution in [0.5, 0.6) is 0 Å². The van der Waals surface area contributed by atoms with Gasteiger partial charge in [-0.2, -0.15) is 0 Å². The van der Waals surface area contributed by atoms with Crippen LogP contribution in [0, 0.1) is 5.41 Å². The van der Waals surface area contributed by atoms with Crippen LogP contribution in [-0.4, -0.2) is 12.6 Å². The molecule has 0 radical (unpaired) electrons. The maximum absolute atomic E-state index is 5.88. The predicted octanol–water partition coefficient (Wildman–Crippen LogP) is 4.05. The Balaban J connectivity index is 1.76. The van der Waals surface area contributed by atoms with Crippen LogP contribution in [0.3, 0.4) is 0 Å². The van der Waals surface area contributed by atoms with Gasteiger partial charge in [-0.3, -0.25) is 0 Å². The van der Waals surface area contributed by atoms with Gasteiger partial charge in [-0.15, -0.1) is 0 Å². The number of benzene rings is 1. The molecule has 2 rings (SSSR count). The molecule has 0 aliphatic heterocycles. The molecule has 0 saturated heterocycles. The van der Waals surface area contributed by atoms with E-state index in [4.69, 9.17) is 11.6 Å². The van der Waals surface area contributed by atoms with Gasteiger partial charge in [-0.1, -0.05) is 37.1 Å². The fourth-order valence-electron chi connectivity index (χ4n) is 2.42. The van der Waals surface area contributed by atoms with Crippen molar-refractivity contribution in [2.24, 2.45) is 5.41 Å². The predicted molar refractivity (Wildman–Crippen MR) is 74.6 cm³/mol. The number of rotatable bonds is 5. The zero-order chi connectivity index (χ0) is 12.3. The minimum absolute atomic E-state index is 0.536. The molecule has 17 heavy (non-hydrogen) atoms. The van der Waals surface area contributed by atoms with E-state index in [0.29, 0.717) is 11.5 Å². The van der Waals surface area contributed by atoms with Crippen molar-refractivity contribution in [2.75, 3.05) is 6.54 Å². The van der Waals surface area contributed by atoms with Crippen molar-refractivity contribution in [3.05, 3.63) is 34.9 Å². The molecule has 1 N–H and O–H groups in total. The van der Waals surface area contributed by atoms with Gasteiger partial charge in [0.2, 0.25) is 0 Å². The molecule has 1 atom stereocenters. The first kappa shape index (κ1) is 12.9. The summed E-state index contributed by atoms with van der Waals surface area (Å²) in [4.78, 5) is 0. The largest absolute Gasteiger partial charge is 0.313 e. The van der Waals surface area contributed by atoms with E-state index in [9.17, 15) is 0 Å². The van der Waals surface area contributed by atoms with Crippen molar-refractivity contribution < 1.29 is 0 Å². The van der Waals surface area contributed by atoms with Crippen molar-refractivity contribution in [1.82, 2.24) is 5.32 Å². The molecule has 0 bridgehead atoms. The van der Waals surface area contributed by atoms with Crippen LogP contribution >= 0.6 is 11.6 Å². The Bertz CT molecular complexity index is 354. The van der Waals surface area contributed by atoms with Crippen LogP contribution in [0.2, 0.25) is 5.02 Å². The second-order valence-electron chi connectivity index (χ2n) is 5.78. The molecular formula is C15H22ClN. The highest BCUT2D eigenvalue weighted by atomic mass is 35.5. The normalized spacial score (nSPS) is 19.7. The van der Waals surface area contributed by atoms with Crippen molar-refractivity contribution in [2.45, 2.75) is 45.6 Å². The van der Waals surface area contributed by atoms with Crippen LogP contribution in [0.15, 0.2) is 24.3 Å². The maximum atomic E-state index is 5.88. The van der Waals surface area contributed by atoms with Gasteiger partial charge in [0.15, 0.2) is 0 Å². The maximum Gasteiger partial charge on any atom is 0.0406 e. The Labute approximate surface area is 110 Å². The molecule has 94 valence electrons. The van der Waals surface area contributed by atoms with Crippen LogP contribution in [0.4, 0.5) is 0 Å². The lowest BCUT2D eigenvalue weighted by Gasteiger charge is -2.39. The van der Waals surface area contributed by atoms with Crippen molar-refractivity contribution >= 4 is 11.6 Å². The summed E-state index contributed by atoms with van der Waals surface area (Å²) in [6, 6.07) is 8.71. The topological polar surface area (TPSA) is 12.0 Å². The first-order valence-electron chi connectivity index (χ1n) is 6.55. The summed E-state index contributed by atoms with van der Waals surface area (Å²) in [6.45, 7) is 5.80. The van der Waals surface area contributed by atoms with Gasteiger partial charge in [0.25, 0.3) is 0 Å². The number of halogens is 1. The number of nitrogens with one attached hydrogen (secondary N) is 1. The van der Waals surface area contributed by atoms with E-state index in [1.807, 2.05) is 12.1 Å². The smallest absolute Gasteiger partial charge is 0.0406 e. The molecule has 1 aliphatic carbocycles. The lowest BCUT2D eigenvalue weighted by molar-refractivity contribution is 0.152. The first-order valence-corrected chi connectivity index (χ1v) is 6.93. The van der Waals surface area contributed by atoms with E-state index in [1.165, 1.54) is 24.8 Å². The summed E-state index contributed by atoms with van der Waals surface area (Å²) in [5, 5.41) is 4.47. The van der Waals surface area contributed by atoms with Crippen molar-refractivity contribution in [1.29, 1.82) is 0 Å². The first-order chi connectivity index (χ1) is 8.07. The standard InChI is InChI=1S/C15H22ClN/c1-12(17-11-15(2)8-3-9-15)10-13-4-6-14(16)7-5-13/h4-7,12,17H,3,8-11H2,1-2H3. The van der Waals surface area contributed by atoms with Crippen molar-refractivity contribution in [3.8, 4) is 0 Å². The Morgan fingerprint density at radius 3 is 2.47 bits per heavy atom. The molecule has 1 fully saturated rings. The third kappa shape index (κ3) is 3.72. The lowest BCUT2D eigenvalue weighted by atomic mass is 9.70. The molecular weight excluding hydrogens is 230 g/mol. The molecule has 1 saturated carbocycles. The summed E-state index contributed by atoms with van der Waals surface area (Å²) in [7, 11) is 0. The third-order valence-electron chi connectivity index (χ3n) is 3.89. The molecule has 1 aromatic rings. The van der Waals surface area contributed by atoms with Crippen LogP contribution in [-0.2, 0) is 6.42 Å². The van der Waals surface area contributed by atoms with Crippen molar-refractivity contribution in [3.63, 3.8) is 0 Å². The Morgan fingerprint density at radius 2 is 1.94 bits per heavy atom. The lowest BCUT2D eigenvalue weighted by Crippen LogP contribution is -2.41. The summed E-state index contributed by atoms with van der Waals surface area (Å²) >= 11 is 5.88. The molecule has 0 spiro atoms. The average Bonchev–Trinajstić information content (AvgIpc) is 2.27. The average molecular weight is 252 g/mol. The Kier molecular flexibility index (Phi) is 4.11. The van der Waals surface area contributed by atoms with Gasteiger partial charge < -0.3 is 5.32 Å². The van der Waals surface area contributed by atoms with Gasteiger partial charge in [0.1, 0.15) is 0 Å². The SMILES string of the molecule is CC(Cc1ccc(Cl)cc1)NCC1(C)CCC1. The molecule has 2 heteroatoms. The Hall–Kier alpha value is -0.530. The molecule has 1 unspecified atom stereocenters. The highest BCUT2D eigenvalue weighted by molar-refractivity contribution is 6.30. The Morgan fingerprint density at radius 1 is 1.29 bits per heavy atom. The van der Waals surface area contributed by atoms with E-state index in [0.717, 1.165) is 18.0 Å². The number of hydrogen-bond donors (Lipinski definition) is 1. The summed E-state index contributed by atoms with van der Waals surface area (Å²) in [6.07, 6.45) is 5.25. The van der Waals surface area contributed by atoms with E-state index in [-0.39, 0.29) is 0 Å². The highest BCUT2D eigenvalue weighted by Gasteiger charge is 2.31. The third-order valence-corrected chi connectivity index (χ3v) is 4.15. The van der Waals surface area contributed by atoms with Crippen LogP contribution in [0.1, 0.15) is 38.7 Å². The van der Waals surface area contributed by atoms with Gasteiger partial charge >= 0.3 is 0 Å². The van der Waals surface area contributed by atoms with Gasteiger partial charge in [0.05, 0.1) is 0 Å². The van der Waals surface area contributed by atoms with Crippen LogP contribution in [0.25, 0.3) is 0 Å². The monoisotopic (exact) mass is 251 g/mol. The molecule has 1 nitrogen and oxygen atoms in total. The molecule has 0 amide bonds. The van der Waals surface area contributed by atoms with E-state index in [1.54, 1.807) is 0 Å². The molecule has 1 aromatic carbocycles. The summed E-state index contributed by atoms with van der Waals surface area (Å²) < 4.78 is 0. The zero-order valence-electron chi connectivity index (χ0n) is 10.8. The summed E-state index contributed by atoms with van der Waals surface area (Å²) in [5.74, 6) is 0. The van der Waals surface area contributed by atoms with E-state index in [2.05, 4.69) is 31.3 Å². The molecule has 0 aromatic heterocycles. The fourth-order valence-corrected chi connectivity index (χ4v) is 2.55. The fraction of sp³-hybridized carbons (Fsp3) is 0.600. The highest BCUT2D eigenvalue weighted by Crippen LogP contribution is 2.39. The second kappa shape index (κ2) is 5.41. The van der Waals surface area contributed by atoms with E-state index < -0.39 is 0 Å². The quantitative estimate of drug-likeness (QED) is 0.833.